The zero-order valence-electron chi connectivity index (χ0n) is 12.3. The molecule has 1 heterocycles. The molecule has 0 radical (unpaired) electrons. The molecule has 0 bridgehead atoms. The Morgan fingerprint density at radius 1 is 1.00 bits per heavy atom. The fourth-order valence-corrected chi connectivity index (χ4v) is 4.55. The van der Waals surface area contributed by atoms with Gasteiger partial charge in [0.1, 0.15) is 3.55 Å². The fourth-order valence-electron chi connectivity index (χ4n) is 3.12. The van der Waals surface area contributed by atoms with Gasteiger partial charge in [-0.25, -0.2) is 0 Å². The van der Waals surface area contributed by atoms with Crippen LogP contribution in [0.25, 0.3) is 0 Å². The van der Waals surface area contributed by atoms with Gasteiger partial charge in [-0.05, 0) is 18.1 Å². The highest BCUT2D eigenvalue weighted by atomic mass is 127. The summed E-state index contributed by atoms with van der Waals surface area (Å²) in [4.78, 5) is 2.62. The van der Waals surface area contributed by atoms with Gasteiger partial charge >= 0.3 is 0 Å². The molecule has 1 fully saturated rings. The van der Waals surface area contributed by atoms with Gasteiger partial charge in [0.2, 0.25) is 0 Å². The first-order valence-electron chi connectivity index (χ1n) is 7.50. The Balaban J connectivity index is 2.11. The molecule has 0 aliphatic carbocycles. The molecule has 2 nitrogen and oxygen atoms in total. The highest BCUT2D eigenvalue weighted by Gasteiger charge is 2.40. The van der Waals surface area contributed by atoms with Crippen LogP contribution in [0.15, 0.2) is 60.7 Å². The van der Waals surface area contributed by atoms with Gasteiger partial charge < -0.3 is 5.32 Å². The minimum atomic E-state index is -0.109. The molecular formula is C18H21IN2. The maximum absolute atomic E-state index is 3.49. The van der Waals surface area contributed by atoms with Crippen LogP contribution in [0.5, 0.6) is 0 Å². The maximum atomic E-state index is 3.49. The standard InChI is InChI=1S/C18H21IN2/c1-15-14-20-12-13-21(15)18(19,16-8-4-2-5-9-16)17-10-6-3-7-11-17/h2-11,15,20H,12-14H2,1H3. The molecule has 3 rings (SSSR count). The first-order valence-corrected chi connectivity index (χ1v) is 8.58. The number of hydrogen-bond donors (Lipinski definition) is 1. The summed E-state index contributed by atoms with van der Waals surface area (Å²) in [6.45, 7) is 5.47. The molecule has 1 unspecified atom stereocenters. The second-order valence-electron chi connectivity index (χ2n) is 5.60. The van der Waals surface area contributed by atoms with E-state index in [1.807, 2.05) is 0 Å². The highest BCUT2D eigenvalue weighted by Crippen LogP contribution is 2.43. The van der Waals surface area contributed by atoms with Crippen LogP contribution in [0.1, 0.15) is 18.1 Å². The van der Waals surface area contributed by atoms with Crippen LogP contribution in [-0.4, -0.2) is 30.6 Å². The largest absolute Gasteiger partial charge is 0.314 e. The van der Waals surface area contributed by atoms with Crippen LogP contribution in [0.2, 0.25) is 0 Å². The van der Waals surface area contributed by atoms with E-state index in [2.05, 4.69) is 100 Å². The van der Waals surface area contributed by atoms with Crippen molar-refractivity contribution >= 4 is 22.6 Å². The molecule has 2 aromatic rings. The molecule has 3 heteroatoms. The summed E-state index contributed by atoms with van der Waals surface area (Å²) in [6, 6.07) is 22.2. The summed E-state index contributed by atoms with van der Waals surface area (Å²) in [5.41, 5.74) is 2.70. The topological polar surface area (TPSA) is 15.3 Å². The Kier molecular flexibility index (Phi) is 4.62. The molecule has 21 heavy (non-hydrogen) atoms. The van der Waals surface area contributed by atoms with Gasteiger partial charge in [-0.2, -0.15) is 0 Å². The van der Waals surface area contributed by atoms with E-state index < -0.39 is 0 Å². The van der Waals surface area contributed by atoms with Gasteiger partial charge in [0.25, 0.3) is 0 Å². The predicted molar refractivity (Wildman–Crippen MR) is 96.7 cm³/mol. The zero-order chi connectivity index (χ0) is 14.7. The molecule has 110 valence electrons. The maximum Gasteiger partial charge on any atom is 0.124 e. The van der Waals surface area contributed by atoms with E-state index in [9.17, 15) is 0 Å². The number of hydrogen-bond acceptors (Lipinski definition) is 2. The van der Waals surface area contributed by atoms with Crippen molar-refractivity contribution in [3.63, 3.8) is 0 Å². The van der Waals surface area contributed by atoms with Crippen molar-refractivity contribution in [3.8, 4) is 0 Å². The third-order valence-corrected chi connectivity index (χ3v) is 6.08. The number of nitrogens with one attached hydrogen (secondary N) is 1. The Morgan fingerprint density at radius 2 is 1.52 bits per heavy atom. The molecule has 1 saturated heterocycles. The zero-order valence-corrected chi connectivity index (χ0v) is 14.5. The Morgan fingerprint density at radius 3 is 2.00 bits per heavy atom. The average Bonchev–Trinajstić information content (AvgIpc) is 2.56. The second kappa shape index (κ2) is 6.46. The molecular weight excluding hydrogens is 371 g/mol. The lowest BCUT2D eigenvalue weighted by Gasteiger charge is -2.46. The van der Waals surface area contributed by atoms with Crippen molar-refractivity contribution in [1.29, 1.82) is 0 Å². The van der Waals surface area contributed by atoms with Crippen molar-refractivity contribution in [2.75, 3.05) is 19.6 Å². The average molecular weight is 392 g/mol. The summed E-state index contributed by atoms with van der Waals surface area (Å²) in [6.07, 6.45) is 0. The van der Waals surface area contributed by atoms with Crippen LogP contribution in [-0.2, 0) is 3.55 Å². The molecule has 1 N–H and O–H groups in total. The van der Waals surface area contributed by atoms with E-state index in [-0.39, 0.29) is 3.55 Å². The first-order chi connectivity index (χ1) is 10.2. The van der Waals surface area contributed by atoms with Crippen molar-refractivity contribution in [1.82, 2.24) is 10.2 Å². The normalized spacial score (nSPS) is 20.4. The third-order valence-electron chi connectivity index (χ3n) is 4.21. The van der Waals surface area contributed by atoms with Crippen LogP contribution >= 0.6 is 22.6 Å². The van der Waals surface area contributed by atoms with Crippen molar-refractivity contribution in [3.05, 3.63) is 71.8 Å². The number of nitrogens with zero attached hydrogens (tertiary/aromatic N) is 1. The van der Waals surface area contributed by atoms with E-state index in [1.54, 1.807) is 0 Å². The molecule has 2 aromatic carbocycles. The van der Waals surface area contributed by atoms with E-state index in [0.717, 1.165) is 19.6 Å². The quantitative estimate of drug-likeness (QED) is 0.488. The van der Waals surface area contributed by atoms with Crippen molar-refractivity contribution in [2.24, 2.45) is 0 Å². The van der Waals surface area contributed by atoms with E-state index in [1.165, 1.54) is 11.1 Å². The minimum absolute atomic E-state index is 0.109. The first kappa shape index (κ1) is 15.0. The molecule has 0 saturated carbocycles. The van der Waals surface area contributed by atoms with Gasteiger partial charge in [0.15, 0.2) is 0 Å². The van der Waals surface area contributed by atoms with Crippen molar-refractivity contribution in [2.45, 2.75) is 16.5 Å². The number of rotatable bonds is 3. The summed E-state index contributed by atoms with van der Waals surface area (Å²) in [7, 11) is 0. The summed E-state index contributed by atoms with van der Waals surface area (Å²) in [5.74, 6) is 0. The van der Waals surface area contributed by atoms with Crippen molar-refractivity contribution < 1.29 is 0 Å². The van der Waals surface area contributed by atoms with Crippen LogP contribution in [0, 0.1) is 0 Å². The molecule has 0 spiro atoms. The van der Waals surface area contributed by atoms with Gasteiger partial charge in [0.05, 0.1) is 0 Å². The number of benzene rings is 2. The lowest BCUT2D eigenvalue weighted by Crippen LogP contribution is -2.57. The molecule has 1 aliphatic heterocycles. The van der Waals surface area contributed by atoms with E-state index >= 15 is 0 Å². The van der Waals surface area contributed by atoms with Crippen LogP contribution in [0.4, 0.5) is 0 Å². The second-order valence-corrected chi connectivity index (χ2v) is 7.16. The van der Waals surface area contributed by atoms with Gasteiger partial charge in [-0.1, -0.05) is 83.3 Å². The van der Waals surface area contributed by atoms with E-state index in [4.69, 9.17) is 0 Å². The SMILES string of the molecule is CC1CNCCN1C(I)(c1ccccc1)c1ccccc1. The monoisotopic (exact) mass is 392 g/mol. The third kappa shape index (κ3) is 2.87. The number of alkyl halides is 1. The highest BCUT2D eigenvalue weighted by molar-refractivity contribution is 14.1. The van der Waals surface area contributed by atoms with Gasteiger partial charge in [-0.15, -0.1) is 0 Å². The minimum Gasteiger partial charge on any atom is -0.314 e. The molecule has 1 atom stereocenters. The lowest BCUT2D eigenvalue weighted by atomic mass is 9.95. The number of halogens is 1. The smallest absolute Gasteiger partial charge is 0.124 e. The fraction of sp³-hybridized carbons (Fsp3) is 0.333. The van der Waals surface area contributed by atoms with Gasteiger partial charge in [0, 0.05) is 25.7 Å². The van der Waals surface area contributed by atoms with E-state index in [0.29, 0.717) is 6.04 Å². The predicted octanol–water partition coefficient (Wildman–Crippen LogP) is 3.62. The Hall–Kier alpha value is -0.910. The number of piperazine rings is 1. The lowest BCUT2D eigenvalue weighted by molar-refractivity contribution is 0.126. The molecule has 0 amide bonds. The molecule has 0 aromatic heterocycles. The molecule has 1 aliphatic rings. The Bertz CT molecular complexity index is 531. The summed E-state index contributed by atoms with van der Waals surface area (Å²) < 4.78 is -0.109. The van der Waals surface area contributed by atoms with Crippen LogP contribution in [0.3, 0.4) is 0 Å². The summed E-state index contributed by atoms with van der Waals surface area (Å²) >= 11 is 2.64. The van der Waals surface area contributed by atoms with Gasteiger partial charge in [-0.3, -0.25) is 4.90 Å². The Labute approximate surface area is 140 Å². The van der Waals surface area contributed by atoms with Crippen LogP contribution < -0.4 is 5.32 Å². The summed E-state index contributed by atoms with van der Waals surface area (Å²) in [5, 5.41) is 3.49.